The Balaban J connectivity index is 1.70. The Morgan fingerprint density at radius 2 is 1.71 bits per heavy atom. The molecule has 2 aliphatic heterocycles. The summed E-state index contributed by atoms with van der Waals surface area (Å²) in [5, 5.41) is 11.1. The molecule has 0 fully saturated rings. The molecule has 42 heavy (non-hydrogen) atoms. The number of amides is 2. The first-order valence-corrected chi connectivity index (χ1v) is 14.3. The van der Waals surface area contributed by atoms with E-state index in [0.29, 0.717) is 38.8 Å². The fourth-order valence-electron chi connectivity index (χ4n) is 5.61. The third kappa shape index (κ3) is 5.43. The molecule has 0 saturated heterocycles. The van der Waals surface area contributed by atoms with E-state index in [2.05, 4.69) is 0 Å². The van der Waals surface area contributed by atoms with Gasteiger partial charge < -0.3 is 14.6 Å². The minimum Gasteiger partial charge on any atom is -0.490 e. The molecule has 3 aromatic rings. The van der Waals surface area contributed by atoms with Crippen LogP contribution in [0, 0.1) is 0 Å². The Morgan fingerprint density at radius 1 is 1.00 bits per heavy atom. The summed E-state index contributed by atoms with van der Waals surface area (Å²) in [5.41, 5.74) is 2.14. The monoisotopic (exact) mass is 590 g/mol. The van der Waals surface area contributed by atoms with Crippen LogP contribution in [-0.2, 0) is 14.9 Å². The number of fused-ring (bicyclic) bond motifs is 2. The zero-order valence-corrected chi connectivity index (χ0v) is 25.4. The van der Waals surface area contributed by atoms with Crippen LogP contribution in [0.1, 0.15) is 80.6 Å². The lowest BCUT2D eigenvalue weighted by atomic mass is 9.79. The minimum absolute atomic E-state index is 0.235. The molecule has 1 N–H and O–H groups in total. The highest BCUT2D eigenvalue weighted by Crippen LogP contribution is 2.48. The number of carboxylic acids is 1. The topological polar surface area (TPSA) is 96.4 Å². The van der Waals surface area contributed by atoms with E-state index >= 15 is 0 Å². The Labute approximate surface area is 250 Å². The summed E-state index contributed by atoms with van der Waals surface area (Å²) in [6, 6.07) is 16.4. The third-order valence-corrected chi connectivity index (χ3v) is 7.76. The summed E-state index contributed by atoms with van der Waals surface area (Å²) >= 11 is 6.75. The fraction of sp³-hybridized carbons (Fsp3) is 0.364. The van der Waals surface area contributed by atoms with E-state index in [9.17, 15) is 19.5 Å². The second-order valence-corrected chi connectivity index (χ2v) is 13.1. The SMILES string of the molecule is CC(C)(C)OC(=O)N1CCOc2ccc(C3C(C(=O)O)c4ccccc4C(=O)N3c3ccc(C(C)(C)C)c(Cl)c3)cc21. The molecule has 2 heterocycles. The number of hydrogen-bond acceptors (Lipinski definition) is 5. The van der Waals surface area contributed by atoms with Crippen LogP contribution in [0.15, 0.2) is 60.7 Å². The highest BCUT2D eigenvalue weighted by Gasteiger charge is 2.46. The Morgan fingerprint density at radius 3 is 2.36 bits per heavy atom. The molecular formula is C33H35ClN2O6. The number of aliphatic carboxylic acids is 1. The lowest BCUT2D eigenvalue weighted by Crippen LogP contribution is -2.45. The van der Waals surface area contributed by atoms with E-state index in [-0.39, 0.29) is 24.5 Å². The maximum atomic E-state index is 14.2. The van der Waals surface area contributed by atoms with Crippen molar-refractivity contribution in [2.75, 3.05) is 23.0 Å². The predicted molar refractivity (Wildman–Crippen MR) is 162 cm³/mol. The molecule has 0 aromatic heterocycles. The van der Waals surface area contributed by atoms with Gasteiger partial charge in [-0.25, -0.2) is 4.79 Å². The van der Waals surface area contributed by atoms with E-state index in [4.69, 9.17) is 21.1 Å². The Kier molecular flexibility index (Phi) is 7.47. The van der Waals surface area contributed by atoms with Gasteiger partial charge in [-0.05, 0) is 73.2 Å². The van der Waals surface area contributed by atoms with Gasteiger partial charge in [-0.1, -0.05) is 62.7 Å². The van der Waals surface area contributed by atoms with Crippen molar-refractivity contribution in [3.8, 4) is 5.75 Å². The molecule has 0 bridgehead atoms. The van der Waals surface area contributed by atoms with Crippen LogP contribution in [0.4, 0.5) is 16.2 Å². The number of halogens is 1. The van der Waals surface area contributed by atoms with Gasteiger partial charge in [-0.2, -0.15) is 0 Å². The number of carbonyl (C=O) groups excluding carboxylic acids is 2. The van der Waals surface area contributed by atoms with Crippen molar-refractivity contribution in [2.24, 2.45) is 0 Å². The van der Waals surface area contributed by atoms with E-state index in [1.54, 1.807) is 75.4 Å². The van der Waals surface area contributed by atoms with Crippen LogP contribution in [0.2, 0.25) is 5.02 Å². The van der Waals surface area contributed by atoms with Gasteiger partial charge in [0.25, 0.3) is 5.91 Å². The average molecular weight is 591 g/mol. The third-order valence-electron chi connectivity index (χ3n) is 7.45. The number of carbonyl (C=O) groups is 3. The molecule has 0 aliphatic carbocycles. The van der Waals surface area contributed by atoms with Crippen molar-refractivity contribution < 1.29 is 29.0 Å². The van der Waals surface area contributed by atoms with E-state index in [1.165, 1.54) is 9.80 Å². The first-order valence-electron chi connectivity index (χ1n) is 13.9. The van der Waals surface area contributed by atoms with E-state index < -0.39 is 29.6 Å². The van der Waals surface area contributed by atoms with Crippen molar-refractivity contribution >= 4 is 40.9 Å². The maximum Gasteiger partial charge on any atom is 0.415 e. The van der Waals surface area contributed by atoms with Crippen LogP contribution >= 0.6 is 11.6 Å². The average Bonchev–Trinajstić information content (AvgIpc) is 2.90. The van der Waals surface area contributed by atoms with Crippen molar-refractivity contribution in [3.63, 3.8) is 0 Å². The van der Waals surface area contributed by atoms with Crippen LogP contribution in [0.25, 0.3) is 0 Å². The number of anilines is 2. The number of nitrogens with zero attached hydrogens (tertiary/aromatic N) is 2. The Hall–Kier alpha value is -4.04. The van der Waals surface area contributed by atoms with Crippen molar-refractivity contribution in [3.05, 3.63) is 87.9 Å². The van der Waals surface area contributed by atoms with Crippen molar-refractivity contribution in [1.29, 1.82) is 0 Å². The first-order chi connectivity index (χ1) is 19.7. The normalized spacial score (nSPS) is 18.6. The highest BCUT2D eigenvalue weighted by molar-refractivity contribution is 6.32. The lowest BCUT2D eigenvalue weighted by Gasteiger charge is -2.41. The number of hydrogen-bond donors (Lipinski definition) is 1. The summed E-state index contributed by atoms with van der Waals surface area (Å²) in [7, 11) is 0. The zero-order chi connectivity index (χ0) is 30.6. The molecule has 0 saturated carbocycles. The number of carboxylic acid groups (broad SMARTS) is 1. The van der Waals surface area contributed by atoms with Crippen LogP contribution in [-0.4, -0.2) is 41.8 Å². The molecule has 2 unspecified atom stereocenters. The molecule has 2 atom stereocenters. The van der Waals surface area contributed by atoms with Gasteiger partial charge in [-0.3, -0.25) is 19.4 Å². The standard InChI is InChI=1S/C33H35ClN2O6/c1-32(2,3)23-13-12-20(18-24(23)34)36-28(27(30(38)39)21-9-7-8-10-22(21)29(36)37)19-11-14-26-25(17-19)35(15-16-41-26)31(40)42-33(4,5)6/h7-14,17-18,27-28H,15-16H2,1-6H3,(H,38,39). The molecule has 9 heteroatoms. The minimum atomic E-state index is -1.10. The van der Waals surface area contributed by atoms with Crippen molar-refractivity contribution in [2.45, 2.75) is 64.5 Å². The van der Waals surface area contributed by atoms with Crippen molar-refractivity contribution in [1.82, 2.24) is 0 Å². The summed E-state index contributed by atoms with van der Waals surface area (Å²) in [6.45, 7) is 12.1. The van der Waals surface area contributed by atoms with Crippen LogP contribution < -0.4 is 14.5 Å². The van der Waals surface area contributed by atoms with Gasteiger partial charge in [-0.15, -0.1) is 0 Å². The summed E-state index contributed by atoms with van der Waals surface area (Å²) in [5.74, 6) is -2.06. The summed E-state index contributed by atoms with van der Waals surface area (Å²) in [4.78, 5) is 43.3. The van der Waals surface area contributed by atoms with Crippen LogP contribution in [0.5, 0.6) is 5.75 Å². The first kappa shape index (κ1) is 29.5. The molecule has 5 rings (SSSR count). The van der Waals surface area contributed by atoms with Gasteiger partial charge in [0.05, 0.1) is 18.3 Å². The zero-order valence-electron chi connectivity index (χ0n) is 24.6. The quantitative estimate of drug-likeness (QED) is 0.343. The molecule has 220 valence electrons. The smallest absolute Gasteiger partial charge is 0.415 e. The molecule has 2 amide bonds. The van der Waals surface area contributed by atoms with Gasteiger partial charge in [0.15, 0.2) is 0 Å². The molecule has 2 aliphatic rings. The second kappa shape index (κ2) is 10.7. The number of ether oxygens (including phenoxy) is 2. The van der Waals surface area contributed by atoms with Gasteiger partial charge in [0.2, 0.25) is 0 Å². The summed E-state index contributed by atoms with van der Waals surface area (Å²) < 4.78 is 11.5. The summed E-state index contributed by atoms with van der Waals surface area (Å²) in [6.07, 6.45) is -0.537. The second-order valence-electron chi connectivity index (χ2n) is 12.6. The van der Waals surface area contributed by atoms with E-state index in [0.717, 1.165) is 5.56 Å². The maximum absolute atomic E-state index is 14.2. The lowest BCUT2D eigenvalue weighted by molar-refractivity contribution is -0.139. The largest absolute Gasteiger partial charge is 0.490 e. The predicted octanol–water partition coefficient (Wildman–Crippen LogP) is 7.34. The molecule has 0 radical (unpaired) electrons. The van der Waals surface area contributed by atoms with Gasteiger partial charge in [0.1, 0.15) is 23.9 Å². The Bertz CT molecular complexity index is 1570. The molecular weight excluding hydrogens is 556 g/mol. The van der Waals surface area contributed by atoms with Gasteiger partial charge in [0, 0.05) is 16.3 Å². The van der Waals surface area contributed by atoms with Crippen LogP contribution in [0.3, 0.4) is 0 Å². The molecule has 0 spiro atoms. The molecule has 3 aromatic carbocycles. The van der Waals surface area contributed by atoms with E-state index in [1.807, 2.05) is 26.8 Å². The van der Waals surface area contributed by atoms with Gasteiger partial charge >= 0.3 is 12.1 Å². The number of benzene rings is 3. The highest BCUT2D eigenvalue weighted by atomic mass is 35.5. The number of rotatable bonds is 3. The molecule has 8 nitrogen and oxygen atoms in total. The fourth-order valence-corrected chi connectivity index (χ4v) is 6.07.